The highest BCUT2D eigenvalue weighted by molar-refractivity contribution is 9.10. The number of carbonyl (C=O) groups excluding carboxylic acids is 1. The smallest absolute Gasteiger partial charge is 0.349 e. The molecule has 6 nitrogen and oxygen atoms in total. The fourth-order valence-electron chi connectivity index (χ4n) is 3.70. The van der Waals surface area contributed by atoms with Crippen LogP contribution in [0, 0.1) is 0 Å². The summed E-state index contributed by atoms with van der Waals surface area (Å²) in [6.45, 7) is 5.84. The summed E-state index contributed by atoms with van der Waals surface area (Å²) in [6, 6.07) is 15.4. The van der Waals surface area contributed by atoms with Crippen molar-refractivity contribution in [3.63, 3.8) is 0 Å². The van der Waals surface area contributed by atoms with Crippen LogP contribution >= 0.6 is 28.3 Å². The molecule has 0 atom stereocenters. The van der Waals surface area contributed by atoms with Gasteiger partial charge in [-0.05, 0) is 30.7 Å². The number of carbonyl (C=O) groups is 1. The first-order valence-electron chi connectivity index (χ1n) is 10.0. The Kier molecular flexibility index (Phi) is 7.75. The van der Waals surface area contributed by atoms with Crippen LogP contribution in [-0.2, 0) is 6.54 Å². The number of ether oxygens (including phenoxy) is 1. The van der Waals surface area contributed by atoms with E-state index in [1.165, 1.54) is 5.56 Å². The molecule has 0 N–H and O–H groups in total. The lowest BCUT2D eigenvalue weighted by Crippen LogP contribution is -2.49. The second-order valence-electron chi connectivity index (χ2n) is 7.26. The summed E-state index contributed by atoms with van der Waals surface area (Å²) in [7, 11) is 0. The molecule has 1 aromatic heterocycles. The third-order valence-electron chi connectivity index (χ3n) is 5.20. The molecule has 1 amide bonds. The second kappa shape index (κ2) is 10.3. The summed E-state index contributed by atoms with van der Waals surface area (Å²) in [5.74, 6) is 0.190. The summed E-state index contributed by atoms with van der Waals surface area (Å²) in [5, 5.41) is 0.651. The predicted molar refractivity (Wildman–Crippen MR) is 126 cm³/mol. The van der Waals surface area contributed by atoms with E-state index in [4.69, 9.17) is 9.15 Å². The molecule has 1 fully saturated rings. The molecule has 164 valence electrons. The van der Waals surface area contributed by atoms with Gasteiger partial charge in [0.15, 0.2) is 11.3 Å². The monoisotopic (exact) mass is 506 g/mol. The summed E-state index contributed by atoms with van der Waals surface area (Å²) in [6.07, 6.45) is 0. The van der Waals surface area contributed by atoms with Crippen LogP contribution < -0.4 is 10.4 Å². The van der Waals surface area contributed by atoms with Gasteiger partial charge in [0, 0.05) is 42.6 Å². The quantitative estimate of drug-likeness (QED) is 0.481. The molecule has 0 spiro atoms. The molecule has 0 saturated carbocycles. The largest absolute Gasteiger partial charge is 0.490 e. The molecule has 3 aromatic rings. The van der Waals surface area contributed by atoms with Crippen molar-refractivity contribution in [2.75, 3.05) is 32.8 Å². The van der Waals surface area contributed by atoms with Gasteiger partial charge in [0.1, 0.15) is 5.56 Å². The number of benzene rings is 2. The lowest BCUT2D eigenvalue weighted by molar-refractivity contribution is 0.0624. The van der Waals surface area contributed by atoms with E-state index in [1.807, 2.05) is 31.2 Å². The summed E-state index contributed by atoms with van der Waals surface area (Å²) < 4.78 is 11.8. The molecule has 1 aliphatic rings. The van der Waals surface area contributed by atoms with Crippen LogP contribution in [0.5, 0.6) is 5.75 Å². The molecule has 0 radical (unpaired) electrons. The summed E-state index contributed by atoms with van der Waals surface area (Å²) in [5.41, 5.74) is 1.03. The van der Waals surface area contributed by atoms with Crippen molar-refractivity contribution in [3.8, 4) is 5.75 Å². The number of fused-ring (bicyclic) bond motifs is 1. The molecule has 0 bridgehead atoms. The van der Waals surface area contributed by atoms with Gasteiger partial charge in [-0.2, -0.15) is 0 Å². The lowest BCUT2D eigenvalue weighted by Gasteiger charge is -2.34. The van der Waals surface area contributed by atoms with Crippen molar-refractivity contribution in [2.24, 2.45) is 0 Å². The SMILES string of the molecule is CCOc1cc(Br)cc2cc(C(=O)N3CCN(Cc4ccccc4)CC3)c(=O)oc12.Cl. The van der Waals surface area contributed by atoms with Gasteiger partial charge < -0.3 is 14.1 Å². The zero-order valence-electron chi connectivity index (χ0n) is 17.2. The van der Waals surface area contributed by atoms with E-state index in [1.54, 1.807) is 17.0 Å². The van der Waals surface area contributed by atoms with Crippen LogP contribution in [0.2, 0.25) is 0 Å². The zero-order chi connectivity index (χ0) is 21.1. The Morgan fingerprint density at radius 2 is 1.81 bits per heavy atom. The number of piperazine rings is 1. The first-order chi connectivity index (χ1) is 14.5. The molecular formula is C23H24BrClN2O4. The van der Waals surface area contributed by atoms with Gasteiger partial charge >= 0.3 is 5.63 Å². The first-order valence-corrected chi connectivity index (χ1v) is 10.8. The van der Waals surface area contributed by atoms with Crippen LogP contribution in [0.4, 0.5) is 0 Å². The molecule has 2 heterocycles. The van der Waals surface area contributed by atoms with Crippen LogP contribution in [-0.4, -0.2) is 48.5 Å². The minimum absolute atomic E-state index is 0. The highest BCUT2D eigenvalue weighted by atomic mass is 79.9. The third-order valence-corrected chi connectivity index (χ3v) is 5.66. The molecule has 0 aliphatic carbocycles. The Labute approximate surface area is 195 Å². The first kappa shape index (κ1) is 23.3. The van der Waals surface area contributed by atoms with Gasteiger partial charge in [0.05, 0.1) is 6.61 Å². The van der Waals surface area contributed by atoms with Gasteiger partial charge in [-0.3, -0.25) is 9.69 Å². The summed E-state index contributed by atoms with van der Waals surface area (Å²) in [4.78, 5) is 29.6. The van der Waals surface area contributed by atoms with Crippen molar-refractivity contribution >= 4 is 45.2 Å². The molecule has 0 unspecified atom stereocenters. The van der Waals surface area contributed by atoms with Gasteiger partial charge in [-0.15, -0.1) is 12.4 Å². The van der Waals surface area contributed by atoms with E-state index in [0.29, 0.717) is 36.4 Å². The molecule has 4 rings (SSSR count). The van der Waals surface area contributed by atoms with E-state index < -0.39 is 5.63 Å². The van der Waals surface area contributed by atoms with Crippen LogP contribution in [0.3, 0.4) is 0 Å². The summed E-state index contributed by atoms with van der Waals surface area (Å²) >= 11 is 3.44. The van der Waals surface area contributed by atoms with Gasteiger partial charge in [0.2, 0.25) is 0 Å². The number of hydrogen-bond donors (Lipinski definition) is 0. The Hall–Kier alpha value is -2.35. The molecule has 8 heteroatoms. The number of nitrogens with zero attached hydrogens (tertiary/aromatic N) is 2. The predicted octanol–water partition coefficient (Wildman–Crippen LogP) is 4.33. The Bertz CT molecular complexity index is 1110. The normalized spacial score (nSPS) is 14.3. The fourth-order valence-corrected chi connectivity index (χ4v) is 4.15. The molecule has 1 aliphatic heterocycles. The maximum Gasteiger partial charge on any atom is 0.349 e. The van der Waals surface area contributed by atoms with E-state index in [0.717, 1.165) is 24.1 Å². The van der Waals surface area contributed by atoms with Gasteiger partial charge in [-0.1, -0.05) is 46.3 Å². The molecule has 2 aromatic carbocycles. The van der Waals surface area contributed by atoms with Crippen molar-refractivity contribution < 1.29 is 13.9 Å². The second-order valence-corrected chi connectivity index (χ2v) is 8.17. The Morgan fingerprint density at radius 3 is 2.48 bits per heavy atom. The highest BCUT2D eigenvalue weighted by Crippen LogP contribution is 2.30. The van der Waals surface area contributed by atoms with Gasteiger partial charge in [-0.25, -0.2) is 4.79 Å². The van der Waals surface area contributed by atoms with E-state index in [2.05, 4.69) is 33.0 Å². The van der Waals surface area contributed by atoms with Crippen LogP contribution in [0.15, 0.2) is 62.2 Å². The number of amides is 1. The minimum atomic E-state index is -0.637. The molecule has 1 saturated heterocycles. The van der Waals surface area contributed by atoms with E-state index >= 15 is 0 Å². The minimum Gasteiger partial charge on any atom is -0.490 e. The molecule has 31 heavy (non-hydrogen) atoms. The highest BCUT2D eigenvalue weighted by Gasteiger charge is 2.25. The maximum atomic E-state index is 13.0. The zero-order valence-corrected chi connectivity index (χ0v) is 19.6. The average Bonchev–Trinajstić information content (AvgIpc) is 2.75. The van der Waals surface area contributed by atoms with Crippen molar-refractivity contribution in [3.05, 3.63) is 74.6 Å². The van der Waals surface area contributed by atoms with E-state index in [-0.39, 0.29) is 23.9 Å². The lowest BCUT2D eigenvalue weighted by atomic mass is 10.1. The Morgan fingerprint density at radius 1 is 1.10 bits per heavy atom. The maximum absolute atomic E-state index is 13.0. The van der Waals surface area contributed by atoms with Crippen LogP contribution in [0.25, 0.3) is 11.0 Å². The van der Waals surface area contributed by atoms with Crippen molar-refractivity contribution in [1.82, 2.24) is 9.80 Å². The van der Waals surface area contributed by atoms with Gasteiger partial charge in [0.25, 0.3) is 5.91 Å². The number of hydrogen-bond acceptors (Lipinski definition) is 5. The standard InChI is InChI=1S/C23H23BrN2O4.ClH/c1-2-29-20-14-18(24)12-17-13-19(23(28)30-21(17)20)22(27)26-10-8-25(9-11-26)15-16-6-4-3-5-7-16;/h3-7,12-14H,2,8-11,15H2,1H3;1H. The average molecular weight is 508 g/mol. The molecular weight excluding hydrogens is 484 g/mol. The number of halogens is 2. The topological polar surface area (TPSA) is 63.0 Å². The van der Waals surface area contributed by atoms with Crippen molar-refractivity contribution in [1.29, 1.82) is 0 Å². The number of rotatable bonds is 5. The fraction of sp³-hybridized carbons (Fsp3) is 0.304. The van der Waals surface area contributed by atoms with Crippen molar-refractivity contribution in [2.45, 2.75) is 13.5 Å². The van der Waals surface area contributed by atoms with Crippen LogP contribution in [0.1, 0.15) is 22.8 Å². The third kappa shape index (κ3) is 5.29. The Balaban J connectivity index is 0.00000272. The van der Waals surface area contributed by atoms with E-state index in [9.17, 15) is 9.59 Å².